The zero-order valence-corrected chi connectivity index (χ0v) is 15.6. The van der Waals surface area contributed by atoms with Crippen LogP contribution in [-0.2, 0) is 21.2 Å². The van der Waals surface area contributed by atoms with E-state index >= 15 is 0 Å². The normalized spacial score (nSPS) is 11.3. The summed E-state index contributed by atoms with van der Waals surface area (Å²) in [5.74, 6) is -0.291. The number of aromatic nitrogens is 5. The summed E-state index contributed by atoms with van der Waals surface area (Å²) in [7, 11) is -3.51. The number of nitrogens with one attached hydrogen (secondary N) is 1. The fourth-order valence-corrected chi connectivity index (χ4v) is 3.67. The van der Waals surface area contributed by atoms with Crippen molar-refractivity contribution < 1.29 is 13.2 Å². The van der Waals surface area contributed by atoms with Crippen molar-refractivity contribution in [3.05, 3.63) is 65.5 Å². The van der Waals surface area contributed by atoms with E-state index in [1.165, 1.54) is 46.3 Å². The molecule has 11 heteroatoms. The van der Waals surface area contributed by atoms with Gasteiger partial charge in [-0.2, -0.15) is 5.10 Å². The molecule has 0 aliphatic rings. The van der Waals surface area contributed by atoms with E-state index in [9.17, 15) is 18.0 Å². The quantitative estimate of drug-likeness (QED) is 0.553. The molecule has 10 nitrogen and oxygen atoms in total. The molecule has 0 unspecified atom stereocenters. The highest BCUT2D eigenvalue weighted by atomic mass is 32.2. The van der Waals surface area contributed by atoms with E-state index in [4.69, 9.17) is 0 Å². The van der Waals surface area contributed by atoms with Crippen molar-refractivity contribution in [2.45, 2.75) is 17.9 Å². The van der Waals surface area contributed by atoms with Gasteiger partial charge >= 0.3 is 0 Å². The summed E-state index contributed by atoms with van der Waals surface area (Å²) in [6.45, 7) is 0.274. The molecular weight excluding hydrogens is 384 g/mol. The Morgan fingerprint density at radius 2 is 1.89 bits per heavy atom. The molecule has 0 saturated carbocycles. The average molecular weight is 402 g/mol. The second kappa shape index (κ2) is 8.57. The molecule has 2 heterocycles. The molecule has 28 heavy (non-hydrogen) atoms. The molecule has 1 amide bonds. The van der Waals surface area contributed by atoms with Gasteiger partial charge < -0.3 is 5.32 Å². The van der Waals surface area contributed by atoms with E-state index in [0.717, 1.165) is 0 Å². The summed E-state index contributed by atoms with van der Waals surface area (Å²) >= 11 is 0. The first-order chi connectivity index (χ1) is 13.5. The topological polar surface area (TPSA) is 129 Å². The number of amides is 1. The monoisotopic (exact) mass is 402 g/mol. The minimum atomic E-state index is -3.51. The van der Waals surface area contributed by atoms with Crippen molar-refractivity contribution >= 4 is 15.7 Å². The predicted octanol–water partition coefficient (Wildman–Crippen LogP) is -0.196. The number of hydrogen-bond acceptors (Lipinski definition) is 7. The van der Waals surface area contributed by atoms with Gasteiger partial charge in [0.25, 0.3) is 5.56 Å². The SMILES string of the molecule is O=C(CCS(=O)(=O)c1ccccc1)NCCn1nc(-n2cncn2)ccc1=O. The van der Waals surface area contributed by atoms with Crippen LogP contribution in [0.15, 0.2) is 64.8 Å². The van der Waals surface area contributed by atoms with E-state index in [-0.39, 0.29) is 35.7 Å². The molecule has 3 aromatic rings. The molecular formula is C17H18N6O4S. The first kappa shape index (κ1) is 19.4. The Morgan fingerprint density at radius 3 is 2.61 bits per heavy atom. The van der Waals surface area contributed by atoms with Gasteiger partial charge in [0.1, 0.15) is 12.7 Å². The van der Waals surface area contributed by atoms with E-state index in [1.807, 2.05) is 0 Å². The molecule has 0 spiro atoms. The third kappa shape index (κ3) is 4.88. The molecule has 0 saturated heterocycles. The van der Waals surface area contributed by atoms with Crippen molar-refractivity contribution in [2.24, 2.45) is 0 Å². The van der Waals surface area contributed by atoms with Gasteiger partial charge in [-0.05, 0) is 18.2 Å². The largest absolute Gasteiger partial charge is 0.354 e. The smallest absolute Gasteiger partial charge is 0.266 e. The summed E-state index contributed by atoms with van der Waals surface area (Å²) in [5.41, 5.74) is -0.329. The minimum absolute atomic E-state index is 0.137. The second-order valence-corrected chi connectivity index (χ2v) is 7.93. The predicted molar refractivity (Wildman–Crippen MR) is 99.5 cm³/mol. The Labute approximate surface area is 160 Å². The van der Waals surface area contributed by atoms with E-state index in [1.54, 1.807) is 18.2 Å². The van der Waals surface area contributed by atoms with Crippen LogP contribution in [0, 0.1) is 0 Å². The van der Waals surface area contributed by atoms with Crippen LogP contribution in [0.3, 0.4) is 0 Å². The average Bonchev–Trinajstić information content (AvgIpc) is 3.23. The zero-order valence-electron chi connectivity index (χ0n) is 14.8. The molecule has 146 valence electrons. The standard InChI is InChI=1S/C17H18N6O4S/c24-16(8-11-28(26,27)14-4-2-1-3-5-14)19-9-10-22-17(25)7-6-15(21-22)23-13-18-12-20-23/h1-7,12-13H,8-11H2,(H,19,24). The molecule has 0 aliphatic heterocycles. The lowest BCUT2D eigenvalue weighted by atomic mass is 10.4. The molecule has 3 rings (SSSR count). The summed E-state index contributed by atoms with van der Waals surface area (Å²) in [6.07, 6.45) is 2.63. The van der Waals surface area contributed by atoms with Crippen molar-refractivity contribution in [2.75, 3.05) is 12.3 Å². The molecule has 2 aromatic heterocycles. The lowest BCUT2D eigenvalue weighted by molar-refractivity contribution is -0.120. The van der Waals surface area contributed by atoms with Crippen molar-refractivity contribution in [1.82, 2.24) is 29.9 Å². The maximum absolute atomic E-state index is 12.2. The van der Waals surface area contributed by atoms with Crippen LogP contribution in [0.2, 0.25) is 0 Å². The van der Waals surface area contributed by atoms with Gasteiger partial charge in [0, 0.05) is 19.0 Å². The number of benzene rings is 1. The molecule has 0 aliphatic carbocycles. The van der Waals surface area contributed by atoms with Crippen LogP contribution in [-0.4, -0.2) is 51.2 Å². The number of nitrogens with zero attached hydrogens (tertiary/aromatic N) is 5. The minimum Gasteiger partial charge on any atom is -0.354 e. The summed E-state index contributed by atoms with van der Waals surface area (Å²) in [6, 6.07) is 10.8. The van der Waals surface area contributed by atoms with Crippen LogP contribution >= 0.6 is 0 Å². The molecule has 0 bridgehead atoms. The number of rotatable bonds is 8. The second-order valence-electron chi connectivity index (χ2n) is 5.82. The highest BCUT2D eigenvalue weighted by Gasteiger charge is 2.15. The molecule has 0 radical (unpaired) electrons. The number of hydrogen-bond donors (Lipinski definition) is 1. The van der Waals surface area contributed by atoms with E-state index < -0.39 is 15.7 Å². The van der Waals surface area contributed by atoms with Crippen molar-refractivity contribution in [3.63, 3.8) is 0 Å². The Kier molecular flexibility index (Phi) is 5.94. The number of carbonyl (C=O) groups is 1. The highest BCUT2D eigenvalue weighted by molar-refractivity contribution is 7.91. The molecule has 1 N–H and O–H groups in total. The first-order valence-corrected chi connectivity index (χ1v) is 10.1. The molecule has 1 aromatic carbocycles. The van der Waals surface area contributed by atoms with E-state index in [0.29, 0.717) is 5.82 Å². The number of carbonyl (C=O) groups excluding carboxylic acids is 1. The zero-order chi connectivity index (χ0) is 20.0. The van der Waals surface area contributed by atoms with Gasteiger partial charge in [-0.25, -0.2) is 22.8 Å². The Balaban J connectivity index is 1.52. The van der Waals surface area contributed by atoms with E-state index in [2.05, 4.69) is 20.5 Å². The fraction of sp³-hybridized carbons (Fsp3) is 0.235. The Morgan fingerprint density at radius 1 is 1.11 bits per heavy atom. The summed E-state index contributed by atoms with van der Waals surface area (Å²) in [5, 5.41) is 10.7. The summed E-state index contributed by atoms with van der Waals surface area (Å²) in [4.78, 5) is 27.8. The summed E-state index contributed by atoms with van der Waals surface area (Å²) < 4.78 is 27.0. The first-order valence-electron chi connectivity index (χ1n) is 8.43. The number of sulfone groups is 1. The van der Waals surface area contributed by atoms with Gasteiger partial charge in [0.15, 0.2) is 15.7 Å². The van der Waals surface area contributed by atoms with Crippen molar-refractivity contribution in [3.8, 4) is 5.82 Å². The Bertz CT molecular complexity index is 1090. The highest BCUT2D eigenvalue weighted by Crippen LogP contribution is 2.10. The van der Waals surface area contributed by atoms with Crippen LogP contribution in [0.4, 0.5) is 0 Å². The van der Waals surface area contributed by atoms with Crippen LogP contribution < -0.4 is 10.9 Å². The third-order valence-electron chi connectivity index (χ3n) is 3.85. The van der Waals surface area contributed by atoms with Gasteiger partial charge in [0.05, 0.1) is 17.2 Å². The lowest BCUT2D eigenvalue weighted by Crippen LogP contribution is -2.33. The maximum Gasteiger partial charge on any atom is 0.266 e. The van der Waals surface area contributed by atoms with Crippen LogP contribution in [0.25, 0.3) is 5.82 Å². The van der Waals surface area contributed by atoms with Gasteiger partial charge in [0.2, 0.25) is 5.91 Å². The van der Waals surface area contributed by atoms with Crippen LogP contribution in [0.1, 0.15) is 6.42 Å². The van der Waals surface area contributed by atoms with Gasteiger partial charge in [-0.15, -0.1) is 5.10 Å². The van der Waals surface area contributed by atoms with Gasteiger partial charge in [-0.1, -0.05) is 18.2 Å². The van der Waals surface area contributed by atoms with Gasteiger partial charge in [-0.3, -0.25) is 9.59 Å². The lowest BCUT2D eigenvalue weighted by Gasteiger charge is -2.08. The molecule has 0 fully saturated rings. The molecule has 0 atom stereocenters. The Hall–Kier alpha value is -3.34. The van der Waals surface area contributed by atoms with Crippen molar-refractivity contribution in [1.29, 1.82) is 0 Å². The van der Waals surface area contributed by atoms with Crippen LogP contribution in [0.5, 0.6) is 0 Å². The third-order valence-corrected chi connectivity index (χ3v) is 5.58. The maximum atomic E-state index is 12.2. The fourth-order valence-electron chi connectivity index (χ4n) is 2.41.